The first-order valence-electron chi connectivity index (χ1n) is 7.93. The zero-order valence-corrected chi connectivity index (χ0v) is 15.3. The summed E-state index contributed by atoms with van der Waals surface area (Å²) in [5.41, 5.74) is 7.20. The van der Waals surface area contributed by atoms with Gasteiger partial charge in [-0.25, -0.2) is 0 Å². The zero-order chi connectivity index (χ0) is 15.4. The fourth-order valence-corrected chi connectivity index (χ4v) is 4.12. The van der Waals surface area contributed by atoms with Gasteiger partial charge in [-0.15, -0.1) is 0 Å². The van der Waals surface area contributed by atoms with Crippen molar-refractivity contribution in [3.05, 3.63) is 33.3 Å². The van der Waals surface area contributed by atoms with Crippen molar-refractivity contribution in [1.82, 2.24) is 4.90 Å². The Balaban J connectivity index is 2.11. The molecule has 0 heterocycles. The van der Waals surface area contributed by atoms with Crippen molar-refractivity contribution in [2.24, 2.45) is 11.7 Å². The maximum absolute atomic E-state index is 6.40. The average Bonchev–Trinajstić information content (AvgIpc) is 2.51. The minimum atomic E-state index is 0.193. The maximum atomic E-state index is 6.40. The van der Waals surface area contributed by atoms with Crippen LogP contribution < -0.4 is 5.73 Å². The molecule has 0 saturated heterocycles. The highest BCUT2D eigenvalue weighted by Gasteiger charge is 2.28. The van der Waals surface area contributed by atoms with E-state index >= 15 is 0 Å². The molecule has 2 N–H and O–H groups in total. The maximum Gasteiger partial charge on any atom is 0.0485 e. The summed E-state index contributed by atoms with van der Waals surface area (Å²) in [4.78, 5) is 2.44. The van der Waals surface area contributed by atoms with Gasteiger partial charge in [0.05, 0.1) is 0 Å². The first kappa shape index (κ1) is 17.3. The predicted molar refractivity (Wildman–Crippen MR) is 94.7 cm³/mol. The molecule has 1 aromatic carbocycles. The van der Waals surface area contributed by atoms with Crippen molar-refractivity contribution in [2.75, 3.05) is 13.6 Å². The predicted octanol–water partition coefficient (Wildman–Crippen LogP) is 5.00. The highest BCUT2D eigenvalue weighted by molar-refractivity contribution is 9.10. The summed E-state index contributed by atoms with van der Waals surface area (Å²) in [6, 6.07) is 6.85. The van der Waals surface area contributed by atoms with E-state index in [9.17, 15) is 0 Å². The fraction of sp³-hybridized carbons (Fsp3) is 0.647. The normalized spacial score (nSPS) is 24.3. The first-order valence-corrected chi connectivity index (χ1v) is 9.10. The molecule has 2 nitrogen and oxygen atoms in total. The number of hydrogen-bond donors (Lipinski definition) is 1. The highest BCUT2D eigenvalue weighted by atomic mass is 79.9. The second-order valence-corrected chi connectivity index (χ2v) is 7.49. The lowest BCUT2D eigenvalue weighted by Crippen LogP contribution is -2.40. The highest BCUT2D eigenvalue weighted by Crippen LogP contribution is 2.35. The van der Waals surface area contributed by atoms with Crippen LogP contribution >= 0.6 is 27.5 Å². The number of nitrogens with zero attached hydrogens (tertiary/aromatic N) is 1. The number of rotatable bonds is 5. The van der Waals surface area contributed by atoms with Crippen molar-refractivity contribution in [3.8, 4) is 0 Å². The quantitative estimate of drug-likeness (QED) is 0.786. The molecule has 1 aromatic rings. The van der Waals surface area contributed by atoms with E-state index in [1.165, 1.54) is 32.1 Å². The van der Waals surface area contributed by atoms with E-state index < -0.39 is 0 Å². The summed E-state index contributed by atoms with van der Waals surface area (Å²) in [7, 11) is 2.20. The van der Waals surface area contributed by atoms with Crippen LogP contribution in [0, 0.1) is 5.92 Å². The van der Waals surface area contributed by atoms with Gasteiger partial charge in [0.2, 0.25) is 0 Å². The molecule has 0 amide bonds. The van der Waals surface area contributed by atoms with Crippen molar-refractivity contribution in [2.45, 2.75) is 51.1 Å². The minimum Gasteiger partial charge on any atom is -0.329 e. The molecular formula is C17H26BrClN2. The Morgan fingerprint density at radius 2 is 2.00 bits per heavy atom. The molecular weight excluding hydrogens is 348 g/mol. The van der Waals surface area contributed by atoms with Gasteiger partial charge in [0, 0.05) is 28.1 Å². The Morgan fingerprint density at radius 3 is 2.57 bits per heavy atom. The Morgan fingerprint density at radius 1 is 1.33 bits per heavy atom. The van der Waals surface area contributed by atoms with Crippen LogP contribution in [0.2, 0.25) is 5.02 Å². The molecule has 0 aliphatic heterocycles. The van der Waals surface area contributed by atoms with Gasteiger partial charge in [-0.05, 0) is 62.4 Å². The van der Waals surface area contributed by atoms with Crippen LogP contribution in [-0.2, 0) is 0 Å². The minimum absolute atomic E-state index is 0.193. The van der Waals surface area contributed by atoms with Crippen LogP contribution in [0.1, 0.15) is 50.6 Å². The van der Waals surface area contributed by atoms with Crippen LogP contribution in [-0.4, -0.2) is 24.5 Å². The van der Waals surface area contributed by atoms with E-state index in [0.29, 0.717) is 12.6 Å². The van der Waals surface area contributed by atoms with Crippen LogP contribution in [0.3, 0.4) is 0 Å². The Hall–Kier alpha value is -0.0900. The van der Waals surface area contributed by atoms with E-state index in [1.807, 2.05) is 12.1 Å². The molecule has 1 unspecified atom stereocenters. The van der Waals surface area contributed by atoms with Gasteiger partial charge in [0.15, 0.2) is 0 Å². The van der Waals surface area contributed by atoms with Gasteiger partial charge in [0.25, 0.3) is 0 Å². The van der Waals surface area contributed by atoms with E-state index in [1.54, 1.807) is 0 Å². The summed E-state index contributed by atoms with van der Waals surface area (Å²) >= 11 is 9.93. The third kappa shape index (κ3) is 4.22. The number of halogens is 2. The van der Waals surface area contributed by atoms with E-state index in [4.69, 9.17) is 17.3 Å². The number of nitrogens with two attached hydrogens (primary N) is 1. The van der Waals surface area contributed by atoms with Gasteiger partial charge < -0.3 is 5.73 Å². The summed E-state index contributed by atoms with van der Waals surface area (Å²) in [6.45, 7) is 2.90. The standard InChI is InChI=1S/C17H26BrClN2/c1-3-12-4-7-14(8-5-12)21(2)17(11-20)15-10-13(18)6-9-16(15)19/h6,9-10,12,14,17H,3-5,7-8,11,20H2,1-2H3. The fourth-order valence-electron chi connectivity index (χ4n) is 3.50. The first-order chi connectivity index (χ1) is 10.1. The number of benzene rings is 1. The lowest BCUT2D eigenvalue weighted by Gasteiger charge is -2.39. The van der Waals surface area contributed by atoms with Crippen LogP contribution in [0.4, 0.5) is 0 Å². The molecule has 1 aliphatic rings. The molecule has 0 bridgehead atoms. The van der Waals surface area contributed by atoms with Crippen LogP contribution in [0.5, 0.6) is 0 Å². The van der Waals surface area contributed by atoms with E-state index in [-0.39, 0.29) is 6.04 Å². The van der Waals surface area contributed by atoms with Gasteiger partial charge in [-0.3, -0.25) is 4.90 Å². The lowest BCUT2D eigenvalue weighted by atomic mass is 9.83. The third-order valence-electron chi connectivity index (χ3n) is 5.00. The molecule has 4 heteroatoms. The van der Waals surface area contributed by atoms with E-state index in [0.717, 1.165) is 21.0 Å². The largest absolute Gasteiger partial charge is 0.329 e. The Bertz CT molecular complexity index is 458. The van der Waals surface area contributed by atoms with Crippen molar-refractivity contribution in [1.29, 1.82) is 0 Å². The van der Waals surface area contributed by atoms with Crippen LogP contribution in [0.25, 0.3) is 0 Å². The molecule has 0 spiro atoms. The zero-order valence-electron chi connectivity index (χ0n) is 13.0. The monoisotopic (exact) mass is 372 g/mol. The molecule has 0 radical (unpaired) electrons. The Kier molecular flexibility index (Phi) is 6.54. The SMILES string of the molecule is CCC1CCC(N(C)C(CN)c2cc(Br)ccc2Cl)CC1. The van der Waals surface area contributed by atoms with Gasteiger partial charge in [-0.1, -0.05) is 40.9 Å². The molecule has 1 saturated carbocycles. The number of likely N-dealkylation sites (N-methyl/N-ethyl adjacent to an activating group) is 1. The molecule has 2 rings (SSSR count). The lowest BCUT2D eigenvalue weighted by molar-refractivity contribution is 0.122. The Labute approximate surface area is 142 Å². The van der Waals surface area contributed by atoms with Gasteiger partial charge in [0.1, 0.15) is 0 Å². The average molecular weight is 374 g/mol. The topological polar surface area (TPSA) is 29.3 Å². The summed E-state index contributed by atoms with van der Waals surface area (Å²) in [6.07, 6.45) is 6.55. The van der Waals surface area contributed by atoms with Gasteiger partial charge in [-0.2, -0.15) is 0 Å². The molecule has 0 aromatic heterocycles. The molecule has 118 valence electrons. The number of hydrogen-bond acceptors (Lipinski definition) is 2. The third-order valence-corrected chi connectivity index (χ3v) is 5.84. The summed E-state index contributed by atoms with van der Waals surface area (Å²) in [5, 5.41) is 0.808. The summed E-state index contributed by atoms with van der Waals surface area (Å²) < 4.78 is 1.06. The second kappa shape index (κ2) is 7.96. The van der Waals surface area contributed by atoms with Crippen molar-refractivity contribution >= 4 is 27.5 Å². The van der Waals surface area contributed by atoms with Crippen LogP contribution in [0.15, 0.2) is 22.7 Å². The van der Waals surface area contributed by atoms with Crippen molar-refractivity contribution in [3.63, 3.8) is 0 Å². The smallest absolute Gasteiger partial charge is 0.0485 e. The molecule has 1 atom stereocenters. The second-order valence-electron chi connectivity index (χ2n) is 6.17. The summed E-state index contributed by atoms with van der Waals surface area (Å²) in [5.74, 6) is 0.917. The molecule has 1 fully saturated rings. The molecule has 21 heavy (non-hydrogen) atoms. The van der Waals surface area contributed by atoms with Crippen molar-refractivity contribution < 1.29 is 0 Å². The molecule has 1 aliphatic carbocycles. The van der Waals surface area contributed by atoms with Gasteiger partial charge >= 0.3 is 0 Å². The van der Waals surface area contributed by atoms with E-state index in [2.05, 4.69) is 40.9 Å².